The van der Waals surface area contributed by atoms with E-state index < -0.39 is 16.1 Å². The zero-order chi connectivity index (χ0) is 24.4. The van der Waals surface area contributed by atoms with Crippen LogP contribution < -0.4 is 0 Å². The van der Waals surface area contributed by atoms with Crippen molar-refractivity contribution in [2.75, 3.05) is 26.2 Å². The molecule has 0 saturated carbocycles. The van der Waals surface area contributed by atoms with Gasteiger partial charge in [0, 0.05) is 48.8 Å². The number of piperazine rings is 1. The van der Waals surface area contributed by atoms with Crippen LogP contribution in [0, 0.1) is 11.3 Å². The zero-order valence-corrected chi connectivity index (χ0v) is 19.8. The van der Waals surface area contributed by atoms with Crippen molar-refractivity contribution in [2.45, 2.75) is 10.9 Å². The van der Waals surface area contributed by atoms with E-state index in [2.05, 4.69) is 4.98 Å². The van der Waals surface area contributed by atoms with Gasteiger partial charge in [-0.05, 0) is 23.8 Å². The quantitative estimate of drug-likeness (QED) is 0.418. The fourth-order valence-corrected chi connectivity index (χ4v) is 6.28. The van der Waals surface area contributed by atoms with E-state index in [0.29, 0.717) is 18.7 Å². The molecule has 0 unspecified atom stereocenters. The van der Waals surface area contributed by atoms with Crippen LogP contribution in [0.3, 0.4) is 0 Å². The summed E-state index contributed by atoms with van der Waals surface area (Å²) in [6.45, 7) is 1.24. The Kier molecular flexibility index (Phi) is 6.22. The van der Waals surface area contributed by atoms with E-state index in [-0.39, 0.29) is 29.3 Å². The molecule has 3 aromatic carbocycles. The number of fused-ring (bicyclic) bond motifs is 1. The number of H-pyrrole nitrogens is 1. The first-order chi connectivity index (χ1) is 17.0. The number of hydrogen-bond acceptors (Lipinski definition) is 5. The number of hydrogen-bond donors (Lipinski definition) is 1. The summed E-state index contributed by atoms with van der Waals surface area (Å²) in [5.74, 6) is -0.0280. The van der Waals surface area contributed by atoms with Gasteiger partial charge in [0.15, 0.2) is 5.78 Å². The highest BCUT2D eigenvalue weighted by atomic mass is 32.2. The number of carbonyl (C=O) groups excluding carboxylic acids is 1. The highest BCUT2D eigenvalue weighted by Gasteiger charge is 2.36. The molecule has 0 amide bonds. The Labute approximate surface area is 204 Å². The van der Waals surface area contributed by atoms with Crippen LogP contribution in [0.15, 0.2) is 90.0 Å². The molecule has 1 atom stereocenters. The van der Waals surface area contributed by atoms with Gasteiger partial charge in [0.1, 0.15) is 6.07 Å². The third kappa shape index (κ3) is 4.26. The molecular formula is C27H24N4O3S. The van der Waals surface area contributed by atoms with Gasteiger partial charge in [0.2, 0.25) is 10.0 Å². The summed E-state index contributed by atoms with van der Waals surface area (Å²) < 4.78 is 27.9. The van der Waals surface area contributed by atoms with Crippen LogP contribution in [0.4, 0.5) is 0 Å². The third-order valence-electron chi connectivity index (χ3n) is 6.48. The zero-order valence-electron chi connectivity index (χ0n) is 19.0. The van der Waals surface area contributed by atoms with Crippen molar-refractivity contribution in [3.63, 3.8) is 0 Å². The van der Waals surface area contributed by atoms with Crippen molar-refractivity contribution in [1.29, 1.82) is 5.26 Å². The second-order valence-electron chi connectivity index (χ2n) is 8.47. The second-order valence-corrected chi connectivity index (χ2v) is 10.4. The minimum Gasteiger partial charge on any atom is -0.360 e. The lowest BCUT2D eigenvalue weighted by Crippen LogP contribution is -2.51. The van der Waals surface area contributed by atoms with E-state index in [9.17, 15) is 18.5 Å². The van der Waals surface area contributed by atoms with Crippen molar-refractivity contribution in [3.05, 3.63) is 102 Å². The minimum atomic E-state index is -3.82. The summed E-state index contributed by atoms with van der Waals surface area (Å²) >= 11 is 0. The van der Waals surface area contributed by atoms with E-state index in [1.165, 1.54) is 16.4 Å². The summed E-state index contributed by atoms with van der Waals surface area (Å²) in [7, 11) is -3.82. The highest BCUT2D eigenvalue weighted by Crippen LogP contribution is 2.31. The van der Waals surface area contributed by atoms with Gasteiger partial charge < -0.3 is 4.98 Å². The Balaban J connectivity index is 1.43. The molecule has 176 valence electrons. The molecule has 0 radical (unpaired) electrons. The van der Waals surface area contributed by atoms with E-state index in [4.69, 9.17) is 0 Å². The Morgan fingerprint density at radius 3 is 2.29 bits per heavy atom. The van der Waals surface area contributed by atoms with E-state index in [0.717, 1.165) is 16.5 Å². The number of benzene rings is 3. The normalized spacial score (nSPS) is 16.1. The first-order valence-electron chi connectivity index (χ1n) is 11.4. The molecule has 7 nitrogen and oxygen atoms in total. The van der Waals surface area contributed by atoms with Crippen molar-refractivity contribution in [1.82, 2.24) is 14.2 Å². The molecule has 1 saturated heterocycles. The molecule has 1 aliphatic heterocycles. The number of aromatic nitrogens is 1. The summed E-state index contributed by atoms with van der Waals surface area (Å²) in [4.78, 5) is 19.1. The van der Waals surface area contributed by atoms with Crippen LogP contribution in [0.2, 0.25) is 0 Å². The average molecular weight is 485 g/mol. The smallest absolute Gasteiger partial charge is 0.244 e. The van der Waals surface area contributed by atoms with Gasteiger partial charge in [0.05, 0.1) is 16.5 Å². The largest absolute Gasteiger partial charge is 0.360 e. The Bertz CT molecular complexity index is 1510. The molecule has 1 aliphatic rings. The van der Waals surface area contributed by atoms with Gasteiger partial charge in [-0.25, -0.2) is 8.42 Å². The maximum Gasteiger partial charge on any atom is 0.244 e. The van der Waals surface area contributed by atoms with E-state index in [1.54, 1.807) is 18.3 Å². The fourth-order valence-electron chi connectivity index (χ4n) is 4.71. The van der Waals surface area contributed by atoms with Crippen molar-refractivity contribution in [3.8, 4) is 6.07 Å². The summed E-state index contributed by atoms with van der Waals surface area (Å²) in [5, 5.41) is 10.2. The van der Waals surface area contributed by atoms with Crippen LogP contribution in [-0.4, -0.2) is 54.6 Å². The Hall–Kier alpha value is -3.77. The Morgan fingerprint density at radius 1 is 0.886 bits per heavy atom. The van der Waals surface area contributed by atoms with Gasteiger partial charge in [-0.1, -0.05) is 60.7 Å². The molecule has 8 heteroatoms. The molecule has 1 fully saturated rings. The van der Waals surface area contributed by atoms with Crippen molar-refractivity contribution >= 4 is 26.7 Å². The maximum atomic E-state index is 13.9. The minimum absolute atomic E-state index is 0.0189. The molecule has 0 spiro atoms. The number of sulfonamides is 1. The SMILES string of the molecule is N#Cc1ccccc1S(=O)(=O)N1CCN([C@@H](C(=O)c2c[nH]c3ccccc23)c2ccccc2)CC1. The number of carbonyl (C=O) groups is 1. The van der Waals surface area contributed by atoms with Crippen LogP contribution in [0.1, 0.15) is 27.5 Å². The summed E-state index contributed by atoms with van der Waals surface area (Å²) in [5.41, 5.74) is 2.52. The molecule has 1 aromatic heterocycles. The number of aromatic amines is 1. The number of Topliss-reactive ketones (excluding diaryl/α,β-unsaturated/α-hetero) is 1. The first-order valence-corrected chi connectivity index (χ1v) is 12.8. The topological polar surface area (TPSA) is 97.3 Å². The predicted octanol–water partition coefficient (Wildman–Crippen LogP) is 3.97. The molecule has 0 bridgehead atoms. The monoisotopic (exact) mass is 484 g/mol. The van der Waals surface area contributed by atoms with Crippen LogP contribution in [0.25, 0.3) is 10.9 Å². The van der Waals surface area contributed by atoms with E-state index >= 15 is 0 Å². The number of ketones is 1. The molecule has 1 N–H and O–H groups in total. The molecule has 35 heavy (non-hydrogen) atoms. The number of nitriles is 1. The van der Waals surface area contributed by atoms with Gasteiger partial charge in [-0.3, -0.25) is 9.69 Å². The van der Waals surface area contributed by atoms with Crippen LogP contribution >= 0.6 is 0 Å². The van der Waals surface area contributed by atoms with Gasteiger partial charge in [0.25, 0.3) is 0 Å². The van der Waals surface area contributed by atoms with Crippen molar-refractivity contribution in [2.24, 2.45) is 0 Å². The molecule has 0 aliphatic carbocycles. The number of nitrogens with zero attached hydrogens (tertiary/aromatic N) is 3. The highest BCUT2D eigenvalue weighted by molar-refractivity contribution is 7.89. The molecule has 5 rings (SSSR count). The van der Waals surface area contributed by atoms with Crippen molar-refractivity contribution < 1.29 is 13.2 Å². The Morgan fingerprint density at radius 2 is 1.54 bits per heavy atom. The average Bonchev–Trinajstić information content (AvgIpc) is 3.34. The predicted molar refractivity (Wildman–Crippen MR) is 133 cm³/mol. The summed E-state index contributed by atoms with van der Waals surface area (Å²) in [6, 6.07) is 25.0. The number of nitrogens with one attached hydrogen (secondary N) is 1. The molecule has 2 heterocycles. The first kappa shape index (κ1) is 23.0. The number of para-hydroxylation sites is 1. The van der Waals surface area contributed by atoms with Gasteiger partial charge >= 0.3 is 0 Å². The second kappa shape index (κ2) is 9.47. The molecule has 4 aromatic rings. The molecular weight excluding hydrogens is 460 g/mol. The van der Waals surface area contributed by atoms with Gasteiger partial charge in [-0.2, -0.15) is 9.57 Å². The van der Waals surface area contributed by atoms with Crippen LogP contribution in [0.5, 0.6) is 0 Å². The fraction of sp³-hybridized carbons (Fsp3) is 0.185. The number of rotatable bonds is 6. The lowest BCUT2D eigenvalue weighted by atomic mass is 9.95. The lowest BCUT2D eigenvalue weighted by molar-refractivity contribution is 0.0755. The standard InChI is InChI=1S/C27H24N4O3S/c28-18-21-10-4-7-13-25(21)35(33,34)31-16-14-30(15-17-31)26(20-8-2-1-3-9-20)27(32)23-19-29-24-12-6-5-11-22(23)24/h1-13,19,26,29H,14-17H2/t26-/m1/s1. The summed E-state index contributed by atoms with van der Waals surface area (Å²) in [6.07, 6.45) is 1.75. The van der Waals surface area contributed by atoms with Gasteiger partial charge in [-0.15, -0.1) is 0 Å². The maximum absolute atomic E-state index is 13.9. The van der Waals surface area contributed by atoms with E-state index in [1.807, 2.05) is 65.6 Å². The lowest BCUT2D eigenvalue weighted by Gasteiger charge is -2.38. The van der Waals surface area contributed by atoms with Crippen LogP contribution in [-0.2, 0) is 10.0 Å². The third-order valence-corrected chi connectivity index (χ3v) is 8.44.